The molecular weight excluding hydrogens is 186 g/mol. The van der Waals surface area contributed by atoms with Crippen LogP contribution >= 0.6 is 0 Å². The van der Waals surface area contributed by atoms with E-state index in [2.05, 4.69) is 18.0 Å². The lowest BCUT2D eigenvalue weighted by Gasteiger charge is -2.23. The summed E-state index contributed by atoms with van der Waals surface area (Å²) in [7, 11) is 2.09. The minimum absolute atomic E-state index is 0.211. The molecule has 1 fully saturated rings. The Kier molecular flexibility index (Phi) is 2.72. The van der Waals surface area contributed by atoms with E-state index in [1.165, 1.54) is 5.56 Å². The van der Waals surface area contributed by atoms with Crippen LogP contribution in [0.2, 0.25) is 0 Å². The molecule has 0 amide bonds. The molecule has 0 bridgehead atoms. The van der Waals surface area contributed by atoms with Crippen LogP contribution in [0.4, 0.5) is 0 Å². The molecule has 1 aliphatic rings. The summed E-state index contributed by atoms with van der Waals surface area (Å²) in [5.41, 5.74) is 7.98. The first kappa shape index (κ1) is 10.2. The SMILES string of the molecule is CN1CCC(N)C1c1ccc(C#N)cc1. The van der Waals surface area contributed by atoms with E-state index in [0.29, 0.717) is 11.6 Å². The molecule has 0 radical (unpaired) electrons. The molecule has 0 aromatic heterocycles. The Morgan fingerprint density at radius 2 is 2.07 bits per heavy atom. The number of rotatable bonds is 1. The summed E-state index contributed by atoms with van der Waals surface area (Å²) in [5, 5.41) is 8.71. The zero-order valence-corrected chi connectivity index (χ0v) is 8.85. The van der Waals surface area contributed by atoms with Gasteiger partial charge in [-0.25, -0.2) is 0 Å². The van der Waals surface area contributed by atoms with Gasteiger partial charge >= 0.3 is 0 Å². The molecule has 2 unspecified atom stereocenters. The Hall–Kier alpha value is -1.37. The van der Waals surface area contributed by atoms with E-state index in [0.717, 1.165) is 13.0 Å². The summed E-state index contributed by atoms with van der Waals surface area (Å²) in [6.45, 7) is 1.05. The van der Waals surface area contributed by atoms with Gasteiger partial charge in [0, 0.05) is 18.6 Å². The second-order valence-corrected chi connectivity index (χ2v) is 4.11. The predicted molar refractivity (Wildman–Crippen MR) is 59.1 cm³/mol. The molecule has 1 aliphatic heterocycles. The smallest absolute Gasteiger partial charge is 0.0991 e. The van der Waals surface area contributed by atoms with Crippen LogP contribution in [0.15, 0.2) is 24.3 Å². The van der Waals surface area contributed by atoms with Crippen molar-refractivity contribution in [2.75, 3.05) is 13.6 Å². The lowest BCUT2D eigenvalue weighted by molar-refractivity contribution is 0.304. The largest absolute Gasteiger partial charge is 0.326 e. The van der Waals surface area contributed by atoms with Crippen molar-refractivity contribution in [3.05, 3.63) is 35.4 Å². The fourth-order valence-corrected chi connectivity index (χ4v) is 2.23. The Morgan fingerprint density at radius 3 is 2.53 bits per heavy atom. The molecule has 78 valence electrons. The molecule has 15 heavy (non-hydrogen) atoms. The average molecular weight is 201 g/mol. The minimum Gasteiger partial charge on any atom is -0.326 e. The average Bonchev–Trinajstić information content (AvgIpc) is 2.59. The van der Waals surface area contributed by atoms with Crippen LogP contribution in [0.1, 0.15) is 23.6 Å². The second kappa shape index (κ2) is 4.01. The van der Waals surface area contributed by atoms with Gasteiger partial charge in [0.2, 0.25) is 0 Å². The van der Waals surface area contributed by atoms with E-state index >= 15 is 0 Å². The quantitative estimate of drug-likeness (QED) is 0.744. The van der Waals surface area contributed by atoms with Crippen LogP contribution in [0, 0.1) is 11.3 Å². The molecule has 1 heterocycles. The molecule has 1 aromatic rings. The van der Waals surface area contributed by atoms with Crippen LogP contribution in [0.5, 0.6) is 0 Å². The molecule has 1 saturated heterocycles. The number of hydrogen-bond acceptors (Lipinski definition) is 3. The molecule has 0 aliphatic carbocycles. The van der Waals surface area contributed by atoms with Gasteiger partial charge in [-0.2, -0.15) is 5.26 Å². The molecular formula is C12H15N3. The van der Waals surface area contributed by atoms with Crippen LogP contribution < -0.4 is 5.73 Å². The van der Waals surface area contributed by atoms with E-state index in [1.54, 1.807) is 0 Å². The van der Waals surface area contributed by atoms with Crippen molar-refractivity contribution in [1.82, 2.24) is 4.90 Å². The monoisotopic (exact) mass is 201 g/mol. The highest BCUT2D eigenvalue weighted by Crippen LogP contribution is 2.29. The fourth-order valence-electron chi connectivity index (χ4n) is 2.23. The number of likely N-dealkylation sites (tertiary alicyclic amines) is 1. The van der Waals surface area contributed by atoms with Gasteiger partial charge in [-0.3, -0.25) is 4.90 Å². The highest BCUT2D eigenvalue weighted by atomic mass is 15.2. The number of nitrogens with zero attached hydrogens (tertiary/aromatic N) is 2. The summed E-state index contributed by atoms with van der Waals surface area (Å²) in [6, 6.07) is 10.4. The normalized spacial score (nSPS) is 26.5. The van der Waals surface area contributed by atoms with E-state index in [-0.39, 0.29) is 6.04 Å². The number of nitrogens with two attached hydrogens (primary N) is 1. The topological polar surface area (TPSA) is 53.0 Å². The number of hydrogen-bond donors (Lipinski definition) is 1. The Bertz CT molecular complexity index is 367. The summed E-state index contributed by atoms with van der Waals surface area (Å²) < 4.78 is 0. The van der Waals surface area contributed by atoms with Gasteiger partial charge in [-0.15, -0.1) is 0 Å². The molecule has 0 spiro atoms. The van der Waals surface area contributed by atoms with Crippen molar-refractivity contribution >= 4 is 0 Å². The highest BCUT2D eigenvalue weighted by Gasteiger charge is 2.29. The molecule has 0 saturated carbocycles. The van der Waals surface area contributed by atoms with Gasteiger partial charge in [-0.05, 0) is 31.2 Å². The Morgan fingerprint density at radius 1 is 1.40 bits per heavy atom. The van der Waals surface area contributed by atoms with Gasteiger partial charge in [-0.1, -0.05) is 12.1 Å². The zero-order chi connectivity index (χ0) is 10.8. The molecule has 1 aromatic carbocycles. The first-order valence-electron chi connectivity index (χ1n) is 5.18. The third kappa shape index (κ3) is 1.87. The van der Waals surface area contributed by atoms with Gasteiger partial charge < -0.3 is 5.73 Å². The third-order valence-corrected chi connectivity index (χ3v) is 3.08. The summed E-state index contributed by atoms with van der Waals surface area (Å²) in [5.74, 6) is 0. The van der Waals surface area contributed by atoms with E-state index in [4.69, 9.17) is 11.0 Å². The van der Waals surface area contributed by atoms with Crippen molar-refractivity contribution < 1.29 is 0 Å². The second-order valence-electron chi connectivity index (χ2n) is 4.11. The van der Waals surface area contributed by atoms with Gasteiger partial charge in [0.05, 0.1) is 11.6 Å². The van der Waals surface area contributed by atoms with Gasteiger partial charge in [0.15, 0.2) is 0 Å². The standard InChI is InChI=1S/C12H15N3/c1-15-7-6-11(14)12(15)10-4-2-9(8-13)3-5-10/h2-5,11-12H,6-7,14H2,1H3. The third-order valence-electron chi connectivity index (χ3n) is 3.08. The molecule has 2 N–H and O–H groups in total. The lowest BCUT2D eigenvalue weighted by Crippen LogP contribution is -2.29. The molecule has 2 atom stereocenters. The summed E-state index contributed by atoms with van der Waals surface area (Å²) in [6.07, 6.45) is 1.04. The lowest BCUT2D eigenvalue weighted by atomic mass is 10.00. The fraction of sp³-hybridized carbons (Fsp3) is 0.417. The van der Waals surface area contributed by atoms with Crippen molar-refractivity contribution in [2.45, 2.75) is 18.5 Å². The van der Waals surface area contributed by atoms with E-state index < -0.39 is 0 Å². The zero-order valence-electron chi connectivity index (χ0n) is 8.85. The van der Waals surface area contributed by atoms with Crippen LogP contribution in [-0.2, 0) is 0 Å². The summed E-state index contributed by atoms with van der Waals surface area (Å²) >= 11 is 0. The van der Waals surface area contributed by atoms with Gasteiger partial charge in [0.25, 0.3) is 0 Å². The van der Waals surface area contributed by atoms with Crippen LogP contribution in [-0.4, -0.2) is 24.5 Å². The van der Waals surface area contributed by atoms with Crippen molar-refractivity contribution in [3.8, 4) is 6.07 Å². The number of nitriles is 1. The maximum Gasteiger partial charge on any atom is 0.0991 e. The van der Waals surface area contributed by atoms with Crippen molar-refractivity contribution in [3.63, 3.8) is 0 Å². The Balaban J connectivity index is 2.26. The maximum atomic E-state index is 8.71. The number of likely N-dealkylation sites (N-methyl/N-ethyl adjacent to an activating group) is 1. The summed E-state index contributed by atoms with van der Waals surface area (Å²) in [4.78, 5) is 2.27. The van der Waals surface area contributed by atoms with E-state index in [1.807, 2.05) is 24.3 Å². The molecule has 2 rings (SSSR count). The van der Waals surface area contributed by atoms with Crippen LogP contribution in [0.25, 0.3) is 0 Å². The minimum atomic E-state index is 0.211. The van der Waals surface area contributed by atoms with Crippen molar-refractivity contribution in [1.29, 1.82) is 5.26 Å². The van der Waals surface area contributed by atoms with Crippen LogP contribution in [0.3, 0.4) is 0 Å². The van der Waals surface area contributed by atoms with Crippen molar-refractivity contribution in [2.24, 2.45) is 5.73 Å². The molecule has 3 heteroatoms. The van der Waals surface area contributed by atoms with E-state index in [9.17, 15) is 0 Å². The first-order chi connectivity index (χ1) is 7.22. The Labute approximate surface area is 90.1 Å². The van der Waals surface area contributed by atoms with Gasteiger partial charge in [0.1, 0.15) is 0 Å². The predicted octanol–water partition coefficient (Wildman–Crippen LogP) is 1.26. The maximum absolute atomic E-state index is 8.71. The molecule has 3 nitrogen and oxygen atoms in total. The first-order valence-corrected chi connectivity index (χ1v) is 5.18. The number of benzene rings is 1. The highest BCUT2D eigenvalue weighted by molar-refractivity contribution is 5.33.